The summed E-state index contributed by atoms with van der Waals surface area (Å²) in [4.78, 5) is 41.8. The highest BCUT2D eigenvalue weighted by atomic mass is 19.4. The van der Waals surface area contributed by atoms with Gasteiger partial charge in [-0.3, -0.25) is 19.7 Å². The molecule has 2 aliphatic heterocycles. The minimum atomic E-state index is -4.85. The zero-order chi connectivity index (χ0) is 30.6. The van der Waals surface area contributed by atoms with E-state index < -0.39 is 64.7 Å². The molecule has 0 aromatic heterocycles. The van der Waals surface area contributed by atoms with Crippen molar-refractivity contribution < 1.29 is 50.2 Å². The zero-order valence-electron chi connectivity index (χ0n) is 21.9. The molecule has 3 atom stereocenters. The highest BCUT2D eigenvalue weighted by Crippen LogP contribution is 2.53. The Labute approximate surface area is 235 Å². The average molecular weight is 592 g/mol. The number of hydrogen-bond donors (Lipinski definition) is 1. The van der Waals surface area contributed by atoms with E-state index in [4.69, 9.17) is 9.47 Å². The van der Waals surface area contributed by atoms with Gasteiger partial charge in [0.15, 0.2) is 0 Å². The van der Waals surface area contributed by atoms with E-state index in [-0.39, 0.29) is 16.8 Å². The first-order chi connectivity index (χ1) is 19.7. The summed E-state index contributed by atoms with van der Waals surface area (Å²) in [6.07, 6.45) is -9.70. The summed E-state index contributed by atoms with van der Waals surface area (Å²) in [5, 5.41) is 2.80. The van der Waals surface area contributed by atoms with Gasteiger partial charge in [-0.1, -0.05) is 24.3 Å². The molecule has 42 heavy (non-hydrogen) atoms. The topological polar surface area (TPSA) is 84.9 Å². The Morgan fingerprint density at radius 2 is 1.33 bits per heavy atom. The first-order valence-corrected chi connectivity index (χ1v) is 12.5. The zero-order valence-corrected chi connectivity index (χ0v) is 21.9. The third-order valence-corrected chi connectivity index (χ3v) is 7.64. The number of carbonyl (C=O) groups is 3. The van der Waals surface area contributed by atoms with Gasteiger partial charge >= 0.3 is 18.3 Å². The third kappa shape index (κ3) is 4.57. The minimum Gasteiger partial charge on any atom is -0.497 e. The van der Waals surface area contributed by atoms with Crippen molar-refractivity contribution in [3.8, 4) is 5.75 Å². The number of hydrogen-bond acceptors (Lipinski definition) is 6. The van der Waals surface area contributed by atoms with Crippen LogP contribution in [0.2, 0.25) is 0 Å². The molecule has 0 radical (unpaired) electrons. The second-order valence-corrected chi connectivity index (χ2v) is 9.82. The summed E-state index contributed by atoms with van der Waals surface area (Å²) in [6.45, 7) is 0. The predicted octanol–water partition coefficient (Wildman–Crippen LogP) is 4.93. The van der Waals surface area contributed by atoms with E-state index in [1.807, 2.05) is 0 Å². The van der Waals surface area contributed by atoms with Crippen LogP contribution in [0.3, 0.4) is 0 Å². The largest absolute Gasteiger partial charge is 0.497 e. The van der Waals surface area contributed by atoms with Gasteiger partial charge in [-0.2, -0.15) is 26.3 Å². The number of nitrogens with one attached hydrogen (secondary N) is 1. The van der Waals surface area contributed by atoms with Crippen LogP contribution in [-0.4, -0.2) is 38.0 Å². The van der Waals surface area contributed by atoms with Gasteiger partial charge in [-0.05, 0) is 59.7 Å². The minimum absolute atomic E-state index is 0.0748. The summed E-state index contributed by atoms with van der Waals surface area (Å²) in [7, 11) is 2.41. The van der Waals surface area contributed by atoms with Gasteiger partial charge in [0, 0.05) is 0 Å². The monoisotopic (exact) mass is 592 g/mol. The Hall–Kier alpha value is -4.39. The number of nitrogens with zero attached hydrogens (tertiary/aromatic N) is 1. The molecule has 2 heterocycles. The highest BCUT2D eigenvalue weighted by molar-refractivity contribution is 6.24. The molecule has 2 amide bonds. The van der Waals surface area contributed by atoms with Crippen LogP contribution in [0, 0.1) is 11.8 Å². The van der Waals surface area contributed by atoms with Crippen molar-refractivity contribution in [3.63, 3.8) is 0 Å². The van der Waals surface area contributed by atoms with E-state index in [1.165, 1.54) is 43.5 Å². The average Bonchev–Trinajstić information content (AvgIpc) is 3.46. The number of benzene rings is 3. The number of halogens is 6. The van der Waals surface area contributed by atoms with Crippen molar-refractivity contribution in [1.82, 2.24) is 5.32 Å². The van der Waals surface area contributed by atoms with Crippen molar-refractivity contribution in [3.05, 3.63) is 95.1 Å². The molecular formula is C29H22F6N2O5. The fourth-order valence-electron chi connectivity index (χ4n) is 5.80. The molecule has 0 bridgehead atoms. The van der Waals surface area contributed by atoms with Crippen LogP contribution >= 0.6 is 0 Å². The van der Waals surface area contributed by atoms with E-state index in [2.05, 4.69) is 5.32 Å². The number of alkyl halides is 6. The normalized spacial score (nSPS) is 21.8. The molecular weight excluding hydrogens is 570 g/mol. The molecule has 7 nitrogen and oxygen atoms in total. The number of methoxy groups -OCH3 is 2. The molecule has 0 saturated carbocycles. The van der Waals surface area contributed by atoms with E-state index in [0.29, 0.717) is 17.9 Å². The number of imide groups is 1. The van der Waals surface area contributed by atoms with Crippen molar-refractivity contribution in [2.24, 2.45) is 11.8 Å². The second-order valence-electron chi connectivity index (χ2n) is 9.82. The van der Waals surface area contributed by atoms with Gasteiger partial charge in [0.05, 0.1) is 48.4 Å². The summed E-state index contributed by atoms with van der Waals surface area (Å²) in [6, 6.07) is 11.5. The predicted molar refractivity (Wildman–Crippen MR) is 135 cm³/mol. The van der Waals surface area contributed by atoms with Gasteiger partial charge in [0.2, 0.25) is 11.8 Å². The lowest BCUT2D eigenvalue weighted by atomic mass is 9.71. The second kappa shape index (κ2) is 10.2. The van der Waals surface area contributed by atoms with Gasteiger partial charge in [0.1, 0.15) is 11.8 Å². The van der Waals surface area contributed by atoms with Gasteiger partial charge in [-0.15, -0.1) is 0 Å². The molecule has 5 rings (SSSR count). The van der Waals surface area contributed by atoms with Crippen molar-refractivity contribution >= 4 is 23.5 Å². The van der Waals surface area contributed by atoms with Crippen molar-refractivity contribution in [2.75, 3.05) is 19.1 Å². The molecule has 2 saturated heterocycles. The Morgan fingerprint density at radius 3 is 1.79 bits per heavy atom. The van der Waals surface area contributed by atoms with E-state index in [1.54, 1.807) is 0 Å². The number of carbonyl (C=O) groups excluding carboxylic acids is 3. The molecule has 0 aliphatic carbocycles. The molecule has 2 fully saturated rings. The SMILES string of the molecule is COC(=O)[C@@H]1NC(c2cccc(C(F)(F)F)c2)(c2cccc(C(F)(F)F)c2)[C@@H]2C(=O)N(c3ccc(OC)cc3)C(=O)[C@@H]21. The molecule has 3 aromatic rings. The third-order valence-electron chi connectivity index (χ3n) is 7.64. The van der Waals surface area contributed by atoms with Crippen LogP contribution < -0.4 is 15.0 Å². The number of anilines is 1. The molecule has 3 aromatic carbocycles. The Kier molecular flexibility index (Phi) is 7.04. The van der Waals surface area contributed by atoms with Gasteiger partial charge in [0.25, 0.3) is 0 Å². The number of amides is 2. The lowest BCUT2D eigenvalue weighted by Gasteiger charge is -2.37. The Balaban J connectivity index is 1.80. The quantitative estimate of drug-likeness (QED) is 0.257. The van der Waals surface area contributed by atoms with Crippen LogP contribution in [0.15, 0.2) is 72.8 Å². The lowest BCUT2D eigenvalue weighted by Crippen LogP contribution is -2.52. The van der Waals surface area contributed by atoms with E-state index >= 15 is 0 Å². The summed E-state index contributed by atoms with van der Waals surface area (Å²) in [5.74, 6) is -5.60. The summed E-state index contributed by atoms with van der Waals surface area (Å²) < 4.78 is 93.0. The lowest BCUT2D eigenvalue weighted by molar-refractivity contribution is -0.145. The highest BCUT2D eigenvalue weighted by Gasteiger charge is 2.68. The molecule has 0 spiro atoms. The Morgan fingerprint density at radius 1 is 0.810 bits per heavy atom. The smallest absolute Gasteiger partial charge is 0.416 e. The Bertz CT molecular complexity index is 1500. The molecule has 1 N–H and O–H groups in total. The van der Waals surface area contributed by atoms with E-state index in [0.717, 1.165) is 36.3 Å². The maximum atomic E-state index is 14.2. The van der Waals surface area contributed by atoms with Crippen molar-refractivity contribution in [1.29, 1.82) is 0 Å². The standard InChI is InChI=1S/C29H22F6N2O5/c1-41-20-11-9-19(10-12-20)37-24(38)21-22(25(37)39)27(36-23(21)26(40)42-2,15-5-3-7-17(13-15)28(30,31)32)16-6-4-8-18(14-16)29(33,34)35/h3-14,21-23,36H,1-2H3/t21-,22-,23+/m0/s1. The molecule has 13 heteroatoms. The first kappa shape index (κ1) is 29.1. The van der Waals surface area contributed by atoms with Crippen LogP contribution in [0.1, 0.15) is 22.3 Å². The fourth-order valence-corrected chi connectivity index (χ4v) is 5.80. The van der Waals surface area contributed by atoms with Gasteiger partial charge in [-0.25, -0.2) is 4.90 Å². The summed E-state index contributed by atoms with van der Waals surface area (Å²) >= 11 is 0. The molecule has 220 valence electrons. The fraction of sp³-hybridized carbons (Fsp3) is 0.276. The number of esters is 1. The van der Waals surface area contributed by atoms with Crippen molar-refractivity contribution in [2.45, 2.75) is 23.9 Å². The summed E-state index contributed by atoms with van der Waals surface area (Å²) in [5.41, 5.74) is -4.93. The molecule has 2 aliphatic rings. The maximum absolute atomic E-state index is 14.2. The number of ether oxygens (including phenoxy) is 2. The maximum Gasteiger partial charge on any atom is 0.416 e. The van der Waals surface area contributed by atoms with Crippen LogP contribution in [0.25, 0.3) is 0 Å². The number of rotatable bonds is 5. The molecule has 0 unspecified atom stereocenters. The van der Waals surface area contributed by atoms with Crippen LogP contribution in [0.5, 0.6) is 5.75 Å². The number of fused-ring (bicyclic) bond motifs is 1. The first-order valence-electron chi connectivity index (χ1n) is 12.5. The van der Waals surface area contributed by atoms with Crippen LogP contribution in [-0.2, 0) is 37.0 Å². The van der Waals surface area contributed by atoms with Crippen LogP contribution in [0.4, 0.5) is 32.0 Å². The van der Waals surface area contributed by atoms with E-state index in [9.17, 15) is 40.7 Å². The van der Waals surface area contributed by atoms with Gasteiger partial charge < -0.3 is 9.47 Å².